The van der Waals surface area contributed by atoms with Gasteiger partial charge in [-0.25, -0.2) is 8.78 Å². The van der Waals surface area contributed by atoms with Gasteiger partial charge in [-0.3, -0.25) is 14.5 Å². The predicted octanol–water partition coefficient (Wildman–Crippen LogP) is 5.11. The molecule has 0 spiro atoms. The Hall–Kier alpha value is -2.67. The Morgan fingerprint density at radius 3 is 2.45 bits per heavy atom. The highest BCUT2D eigenvalue weighted by molar-refractivity contribution is 8.18. The Morgan fingerprint density at radius 2 is 1.76 bits per heavy atom. The van der Waals surface area contributed by atoms with Crippen LogP contribution in [0.3, 0.4) is 0 Å². The zero-order chi connectivity index (χ0) is 20.5. The molecule has 0 bridgehead atoms. The molecular weight excluding hydrogens is 394 g/mol. The summed E-state index contributed by atoms with van der Waals surface area (Å²) in [7, 11) is 0. The van der Waals surface area contributed by atoms with Crippen LogP contribution in [-0.4, -0.2) is 29.1 Å². The topological polar surface area (TPSA) is 40.6 Å². The van der Waals surface area contributed by atoms with Gasteiger partial charge in [0, 0.05) is 13.1 Å². The molecule has 0 unspecified atom stereocenters. The Kier molecular flexibility index (Phi) is 5.41. The summed E-state index contributed by atoms with van der Waals surface area (Å²) in [6.45, 7) is 3.63. The summed E-state index contributed by atoms with van der Waals surface area (Å²) in [5.74, 6) is -1.13. The third-order valence-electron chi connectivity index (χ3n) is 5.20. The number of rotatable bonds is 4. The van der Waals surface area contributed by atoms with Crippen LogP contribution in [-0.2, 0) is 11.3 Å². The van der Waals surface area contributed by atoms with Crippen LogP contribution in [0, 0.1) is 18.6 Å². The van der Waals surface area contributed by atoms with E-state index in [1.54, 1.807) is 24.3 Å². The van der Waals surface area contributed by atoms with Gasteiger partial charge in [-0.1, -0.05) is 12.1 Å². The number of hydrogen-bond donors (Lipinski definition) is 0. The number of amides is 2. The fourth-order valence-corrected chi connectivity index (χ4v) is 4.42. The highest BCUT2D eigenvalue weighted by Crippen LogP contribution is 2.35. The number of thioether (sulfide) groups is 1. The Bertz CT molecular complexity index is 999. The highest BCUT2D eigenvalue weighted by atomic mass is 32.2. The van der Waals surface area contributed by atoms with Gasteiger partial charge in [0.2, 0.25) is 0 Å². The fraction of sp³-hybridized carbons (Fsp3) is 0.273. The smallest absolute Gasteiger partial charge is 0.293 e. The molecule has 29 heavy (non-hydrogen) atoms. The van der Waals surface area contributed by atoms with Crippen molar-refractivity contribution in [1.82, 2.24) is 4.90 Å². The molecule has 2 saturated heterocycles. The second-order valence-electron chi connectivity index (χ2n) is 7.25. The van der Waals surface area contributed by atoms with Crippen molar-refractivity contribution < 1.29 is 18.4 Å². The summed E-state index contributed by atoms with van der Waals surface area (Å²) in [5.41, 5.74) is 2.67. The molecule has 4 nitrogen and oxygen atoms in total. The van der Waals surface area contributed by atoms with Crippen LogP contribution in [0.5, 0.6) is 0 Å². The number of nitrogens with zero attached hydrogens (tertiary/aromatic N) is 2. The number of hydrogen-bond acceptors (Lipinski definition) is 4. The van der Waals surface area contributed by atoms with Crippen molar-refractivity contribution in [2.24, 2.45) is 0 Å². The van der Waals surface area contributed by atoms with E-state index < -0.39 is 11.1 Å². The first kappa shape index (κ1) is 19.6. The summed E-state index contributed by atoms with van der Waals surface area (Å²) in [6.07, 6.45) is 3.69. The molecule has 150 valence electrons. The van der Waals surface area contributed by atoms with Gasteiger partial charge in [-0.05, 0) is 78.6 Å². The standard InChI is InChI=1S/C22H20F2N2O2S/c1-14-10-19(25-8-2-3-9-25)18(24)11-16(14)12-20-21(27)26(22(28)29-20)13-15-4-6-17(23)7-5-15/h4-7,10-12H,2-3,8-9,13H2,1H3. The van der Waals surface area contributed by atoms with Crippen molar-refractivity contribution in [3.05, 3.63) is 69.6 Å². The van der Waals surface area contributed by atoms with Gasteiger partial charge < -0.3 is 4.90 Å². The van der Waals surface area contributed by atoms with Gasteiger partial charge in [0.1, 0.15) is 11.6 Å². The third kappa shape index (κ3) is 4.05. The minimum absolute atomic E-state index is 0.0729. The SMILES string of the molecule is Cc1cc(N2CCCC2)c(F)cc1C=C1SC(=O)N(Cc2ccc(F)cc2)C1=O. The summed E-state index contributed by atoms with van der Waals surface area (Å²) in [4.78, 5) is 28.4. The van der Waals surface area contributed by atoms with Crippen LogP contribution in [0.15, 0.2) is 41.3 Å². The Labute approximate surface area is 172 Å². The average Bonchev–Trinajstić information content (AvgIpc) is 3.31. The summed E-state index contributed by atoms with van der Waals surface area (Å²) in [6, 6.07) is 8.89. The minimum atomic E-state index is -0.423. The first-order chi connectivity index (χ1) is 13.9. The molecule has 0 N–H and O–H groups in total. The number of benzene rings is 2. The predicted molar refractivity (Wildman–Crippen MR) is 110 cm³/mol. The number of aryl methyl sites for hydroxylation is 1. The van der Waals surface area contributed by atoms with Gasteiger partial charge in [0.05, 0.1) is 17.1 Å². The van der Waals surface area contributed by atoms with Gasteiger partial charge in [-0.2, -0.15) is 0 Å². The molecule has 7 heteroatoms. The fourth-order valence-electron chi connectivity index (χ4n) is 3.59. The molecule has 0 atom stereocenters. The van der Waals surface area contributed by atoms with Crippen molar-refractivity contribution in [1.29, 1.82) is 0 Å². The molecule has 2 amide bonds. The molecule has 2 aromatic carbocycles. The number of carbonyl (C=O) groups excluding carboxylic acids is 2. The second-order valence-corrected chi connectivity index (χ2v) is 8.24. The number of imide groups is 1. The molecule has 4 rings (SSSR count). The van der Waals surface area contributed by atoms with Crippen LogP contribution in [0.2, 0.25) is 0 Å². The Balaban J connectivity index is 1.56. The monoisotopic (exact) mass is 414 g/mol. The lowest BCUT2D eigenvalue weighted by Crippen LogP contribution is -2.27. The molecule has 0 aromatic heterocycles. The van der Waals surface area contributed by atoms with Crippen molar-refractivity contribution in [2.75, 3.05) is 18.0 Å². The molecule has 2 heterocycles. The minimum Gasteiger partial charge on any atom is -0.369 e. The van der Waals surface area contributed by atoms with Gasteiger partial charge in [0.25, 0.3) is 11.1 Å². The van der Waals surface area contributed by atoms with Crippen LogP contribution in [0.25, 0.3) is 6.08 Å². The molecule has 0 radical (unpaired) electrons. The summed E-state index contributed by atoms with van der Waals surface area (Å²) in [5, 5.41) is -0.391. The number of carbonyl (C=O) groups is 2. The van der Waals surface area contributed by atoms with Crippen molar-refractivity contribution >= 4 is 34.7 Å². The van der Waals surface area contributed by atoms with E-state index in [0.717, 1.165) is 48.2 Å². The quantitative estimate of drug-likeness (QED) is 0.652. The van der Waals surface area contributed by atoms with E-state index >= 15 is 0 Å². The third-order valence-corrected chi connectivity index (χ3v) is 6.10. The number of halogens is 2. The molecule has 2 fully saturated rings. The molecular formula is C22H20F2N2O2S. The van der Waals surface area contributed by atoms with E-state index in [4.69, 9.17) is 0 Å². The normalized spacial score (nSPS) is 18.4. The molecule has 2 aliphatic heterocycles. The number of anilines is 1. The highest BCUT2D eigenvalue weighted by Gasteiger charge is 2.35. The van der Waals surface area contributed by atoms with E-state index in [2.05, 4.69) is 0 Å². The average molecular weight is 414 g/mol. The summed E-state index contributed by atoms with van der Waals surface area (Å²) < 4.78 is 27.7. The van der Waals surface area contributed by atoms with Crippen LogP contribution < -0.4 is 4.90 Å². The van der Waals surface area contributed by atoms with E-state index in [-0.39, 0.29) is 23.1 Å². The van der Waals surface area contributed by atoms with Gasteiger partial charge in [0.15, 0.2) is 0 Å². The van der Waals surface area contributed by atoms with E-state index in [0.29, 0.717) is 16.8 Å². The molecule has 2 aromatic rings. The molecule has 2 aliphatic rings. The van der Waals surface area contributed by atoms with E-state index in [1.807, 2.05) is 11.8 Å². The van der Waals surface area contributed by atoms with Gasteiger partial charge in [-0.15, -0.1) is 0 Å². The first-order valence-electron chi connectivity index (χ1n) is 9.47. The lowest BCUT2D eigenvalue weighted by molar-refractivity contribution is -0.123. The van der Waals surface area contributed by atoms with Crippen molar-refractivity contribution in [3.63, 3.8) is 0 Å². The zero-order valence-electron chi connectivity index (χ0n) is 16.0. The van der Waals surface area contributed by atoms with Crippen LogP contribution >= 0.6 is 11.8 Å². The zero-order valence-corrected chi connectivity index (χ0v) is 16.8. The first-order valence-corrected chi connectivity index (χ1v) is 10.3. The Morgan fingerprint density at radius 1 is 1.07 bits per heavy atom. The van der Waals surface area contributed by atoms with E-state index in [1.165, 1.54) is 18.2 Å². The maximum atomic E-state index is 14.7. The van der Waals surface area contributed by atoms with Crippen LogP contribution in [0.4, 0.5) is 19.3 Å². The van der Waals surface area contributed by atoms with Gasteiger partial charge >= 0.3 is 0 Å². The second kappa shape index (κ2) is 7.99. The largest absolute Gasteiger partial charge is 0.369 e. The van der Waals surface area contributed by atoms with E-state index in [9.17, 15) is 18.4 Å². The molecule has 0 aliphatic carbocycles. The van der Waals surface area contributed by atoms with Crippen molar-refractivity contribution in [3.8, 4) is 0 Å². The lowest BCUT2D eigenvalue weighted by atomic mass is 10.1. The maximum Gasteiger partial charge on any atom is 0.293 e. The maximum absolute atomic E-state index is 14.7. The van der Waals surface area contributed by atoms with Crippen molar-refractivity contribution in [2.45, 2.75) is 26.3 Å². The summed E-state index contributed by atoms with van der Waals surface area (Å²) >= 11 is 0.835. The van der Waals surface area contributed by atoms with Crippen LogP contribution in [0.1, 0.15) is 29.5 Å². The molecule has 0 saturated carbocycles. The lowest BCUT2D eigenvalue weighted by Gasteiger charge is -2.19.